The van der Waals surface area contributed by atoms with E-state index in [0.29, 0.717) is 25.7 Å². The maximum absolute atomic E-state index is 12.3. The van der Waals surface area contributed by atoms with Gasteiger partial charge in [-0.3, -0.25) is 4.99 Å². The number of rotatable bonds is 10. The number of methoxy groups -OCH3 is 2. The summed E-state index contributed by atoms with van der Waals surface area (Å²) in [6.45, 7) is 1.50. The van der Waals surface area contributed by atoms with E-state index < -0.39 is 10.0 Å². The first-order chi connectivity index (χ1) is 14.0. The molecule has 0 aliphatic carbocycles. The number of para-hydroxylation sites is 1. The number of sulfonamides is 1. The number of ether oxygens (including phenoxy) is 2. The lowest BCUT2D eigenvalue weighted by molar-refractivity contribution is 0.204. The Morgan fingerprint density at radius 1 is 1.03 bits per heavy atom. The van der Waals surface area contributed by atoms with Crippen LogP contribution in [0.25, 0.3) is 0 Å². The standard InChI is InChI=1S/C20H28N4O4S/c1-21-20(23-15-17-8-4-5-10-19(17)28-3)22-14-16-7-6-9-18(13-16)29(25,26)24-11-12-27-2/h4-10,13,24H,11-12,14-15H2,1-3H3,(H2,21,22,23). The number of nitrogens with zero attached hydrogens (tertiary/aromatic N) is 1. The molecule has 0 heterocycles. The SMILES string of the molecule is CN=C(NCc1cccc(S(=O)(=O)NCCOC)c1)NCc1ccccc1OC. The lowest BCUT2D eigenvalue weighted by Gasteiger charge is -2.14. The fourth-order valence-electron chi connectivity index (χ4n) is 2.62. The molecule has 0 aliphatic rings. The van der Waals surface area contributed by atoms with Gasteiger partial charge in [-0.1, -0.05) is 30.3 Å². The smallest absolute Gasteiger partial charge is 0.240 e. The molecule has 0 aliphatic heterocycles. The van der Waals surface area contributed by atoms with Gasteiger partial charge in [0.15, 0.2) is 5.96 Å². The number of hydrogen-bond donors (Lipinski definition) is 3. The van der Waals surface area contributed by atoms with E-state index in [1.165, 1.54) is 7.11 Å². The van der Waals surface area contributed by atoms with Gasteiger partial charge in [0.2, 0.25) is 10.0 Å². The van der Waals surface area contributed by atoms with Crippen molar-refractivity contribution in [1.29, 1.82) is 0 Å². The zero-order chi connectivity index (χ0) is 21.1. The van der Waals surface area contributed by atoms with Crippen LogP contribution in [-0.4, -0.2) is 48.8 Å². The van der Waals surface area contributed by atoms with Crippen molar-refractivity contribution < 1.29 is 17.9 Å². The van der Waals surface area contributed by atoms with Gasteiger partial charge in [0.1, 0.15) is 5.75 Å². The molecule has 0 bridgehead atoms. The molecule has 0 atom stereocenters. The van der Waals surface area contributed by atoms with E-state index in [2.05, 4.69) is 20.3 Å². The Hall–Kier alpha value is -2.62. The summed E-state index contributed by atoms with van der Waals surface area (Å²) in [4.78, 5) is 4.42. The normalized spacial score (nSPS) is 11.9. The monoisotopic (exact) mass is 420 g/mol. The Morgan fingerprint density at radius 3 is 2.52 bits per heavy atom. The molecule has 0 fully saturated rings. The zero-order valence-corrected chi connectivity index (χ0v) is 17.8. The first-order valence-electron chi connectivity index (χ1n) is 9.14. The molecule has 0 saturated heterocycles. The molecular formula is C20H28N4O4S. The first kappa shape index (κ1) is 22.7. The quantitative estimate of drug-likeness (QED) is 0.306. The second-order valence-corrected chi connectivity index (χ2v) is 7.90. The Morgan fingerprint density at radius 2 is 1.79 bits per heavy atom. The third kappa shape index (κ3) is 7.04. The van der Waals surface area contributed by atoms with Crippen LogP contribution in [0.5, 0.6) is 5.75 Å². The van der Waals surface area contributed by atoms with E-state index in [-0.39, 0.29) is 11.4 Å². The molecule has 8 nitrogen and oxygen atoms in total. The Bertz CT molecular complexity index is 916. The van der Waals surface area contributed by atoms with Gasteiger partial charge >= 0.3 is 0 Å². The third-order valence-electron chi connectivity index (χ3n) is 4.13. The fourth-order valence-corrected chi connectivity index (χ4v) is 3.70. The van der Waals surface area contributed by atoms with Crippen LogP contribution in [0.2, 0.25) is 0 Å². The van der Waals surface area contributed by atoms with Crippen LogP contribution in [0, 0.1) is 0 Å². The summed E-state index contributed by atoms with van der Waals surface area (Å²) in [7, 11) is 1.27. The summed E-state index contributed by atoms with van der Waals surface area (Å²) in [6, 6.07) is 14.5. The van der Waals surface area contributed by atoms with E-state index in [9.17, 15) is 8.42 Å². The van der Waals surface area contributed by atoms with Crippen molar-refractivity contribution in [1.82, 2.24) is 15.4 Å². The van der Waals surface area contributed by atoms with Crippen molar-refractivity contribution in [2.45, 2.75) is 18.0 Å². The summed E-state index contributed by atoms with van der Waals surface area (Å²) in [6.07, 6.45) is 0. The molecule has 0 spiro atoms. The van der Waals surface area contributed by atoms with Crippen LogP contribution < -0.4 is 20.1 Å². The lowest BCUT2D eigenvalue weighted by Crippen LogP contribution is -2.36. The van der Waals surface area contributed by atoms with E-state index in [0.717, 1.165) is 16.9 Å². The van der Waals surface area contributed by atoms with Gasteiger partial charge in [0, 0.05) is 39.4 Å². The van der Waals surface area contributed by atoms with Crippen LogP contribution in [0.3, 0.4) is 0 Å². The Balaban J connectivity index is 1.96. The number of hydrogen-bond acceptors (Lipinski definition) is 5. The summed E-state index contributed by atoms with van der Waals surface area (Å²) in [5, 5.41) is 6.41. The largest absolute Gasteiger partial charge is 0.496 e. The average molecular weight is 421 g/mol. The highest BCUT2D eigenvalue weighted by Crippen LogP contribution is 2.16. The maximum Gasteiger partial charge on any atom is 0.240 e. The van der Waals surface area contributed by atoms with Crippen LogP contribution in [-0.2, 0) is 27.8 Å². The van der Waals surface area contributed by atoms with Gasteiger partial charge in [0.05, 0.1) is 18.6 Å². The second-order valence-electron chi connectivity index (χ2n) is 6.13. The topological polar surface area (TPSA) is 101 Å². The molecule has 0 unspecified atom stereocenters. The van der Waals surface area contributed by atoms with Crippen LogP contribution in [0.4, 0.5) is 0 Å². The zero-order valence-electron chi connectivity index (χ0n) is 16.9. The molecular weight excluding hydrogens is 392 g/mol. The number of nitrogens with one attached hydrogen (secondary N) is 3. The van der Waals surface area contributed by atoms with Gasteiger partial charge in [-0.25, -0.2) is 13.1 Å². The predicted molar refractivity (Wildman–Crippen MR) is 114 cm³/mol. The minimum atomic E-state index is -3.57. The Labute approximate surface area is 172 Å². The van der Waals surface area contributed by atoms with Crippen LogP contribution in [0.1, 0.15) is 11.1 Å². The molecule has 9 heteroatoms. The molecule has 2 aromatic carbocycles. The number of guanidine groups is 1. The van der Waals surface area contributed by atoms with Crippen molar-refractivity contribution in [3.8, 4) is 5.75 Å². The maximum atomic E-state index is 12.3. The third-order valence-corrected chi connectivity index (χ3v) is 5.59. The lowest BCUT2D eigenvalue weighted by atomic mass is 10.2. The summed E-state index contributed by atoms with van der Waals surface area (Å²) >= 11 is 0. The highest BCUT2D eigenvalue weighted by molar-refractivity contribution is 7.89. The van der Waals surface area contributed by atoms with Crippen molar-refractivity contribution in [3.63, 3.8) is 0 Å². The molecule has 0 aromatic heterocycles. The van der Waals surface area contributed by atoms with Crippen molar-refractivity contribution in [3.05, 3.63) is 59.7 Å². The van der Waals surface area contributed by atoms with Gasteiger partial charge in [-0.05, 0) is 23.8 Å². The first-order valence-corrected chi connectivity index (χ1v) is 10.6. The summed E-state index contributed by atoms with van der Waals surface area (Å²) in [5.74, 6) is 1.40. The summed E-state index contributed by atoms with van der Waals surface area (Å²) in [5.41, 5.74) is 1.83. The van der Waals surface area contributed by atoms with Gasteiger partial charge in [-0.2, -0.15) is 0 Å². The molecule has 3 N–H and O–H groups in total. The minimum Gasteiger partial charge on any atom is -0.496 e. The van der Waals surface area contributed by atoms with Crippen molar-refractivity contribution in [2.24, 2.45) is 4.99 Å². The van der Waals surface area contributed by atoms with Crippen molar-refractivity contribution >= 4 is 16.0 Å². The molecule has 0 radical (unpaired) electrons. The predicted octanol–water partition coefficient (Wildman–Crippen LogP) is 1.49. The van der Waals surface area contributed by atoms with Crippen LogP contribution >= 0.6 is 0 Å². The fraction of sp³-hybridized carbons (Fsp3) is 0.350. The van der Waals surface area contributed by atoms with E-state index in [1.54, 1.807) is 32.4 Å². The molecule has 2 rings (SSSR count). The van der Waals surface area contributed by atoms with Crippen LogP contribution in [0.15, 0.2) is 58.4 Å². The van der Waals surface area contributed by atoms with Gasteiger partial charge in [-0.15, -0.1) is 0 Å². The number of aliphatic imine (C=N–C) groups is 1. The highest BCUT2D eigenvalue weighted by atomic mass is 32.2. The average Bonchev–Trinajstić information content (AvgIpc) is 2.74. The van der Waals surface area contributed by atoms with Gasteiger partial charge < -0.3 is 20.1 Å². The van der Waals surface area contributed by atoms with Gasteiger partial charge in [0.25, 0.3) is 0 Å². The minimum absolute atomic E-state index is 0.213. The molecule has 29 heavy (non-hydrogen) atoms. The van der Waals surface area contributed by atoms with E-state index in [4.69, 9.17) is 9.47 Å². The van der Waals surface area contributed by atoms with E-state index >= 15 is 0 Å². The van der Waals surface area contributed by atoms with E-state index in [1.807, 2.05) is 30.3 Å². The second kappa shape index (κ2) is 11.4. The molecule has 0 saturated carbocycles. The van der Waals surface area contributed by atoms with Crippen molar-refractivity contribution in [2.75, 3.05) is 34.4 Å². The molecule has 158 valence electrons. The molecule has 2 aromatic rings. The summed E-state index contributed by atoms with van der Waals surface area (Å²) < 4.78 is 37.4. The molecule has 0 amide bonds. The highest BCUT2D eigenvalue weighted by Gasteiger charge is 2.13. The number of benzene rings is 2. The Kier molecular flexibility index (Phi) is 8.91.